The fourth-order valence-electron chi connectivity index (χ4n) is 2.46. The zero-order chi connectivity index (χ0) is 15.4. The van der Waals surface area contributed by atoms with E-state index in [0.29, 0.717) is 31.5 Å². The molecule has 0 aliphatic carbocycles. The molecule has 22 heavy (non-hydrogen) atoms. The van der Waals surface area contributed by atoms with Crippen LogP contribution >= 0.6 is 11.6 Å². The van der Waals surface area contributed by atoms with Gasteiger partial charge in [0, 0.05) is 25.2 Å². The molecule has 0 radical (unpaired) electrons. The van der Waals surface area contributed by atoms with Crippen molar-refractivity contribution >= 4 is 11.6 Å². The zero-order valence-corrected chi connectivity index (χ0v) is 13.1. The molecule has 1 aromatic carbocycles. The van der Waals surface area contributed by atoms with E-state index >= 15 is 0 Å². The van der Waals surface area contributed by atoms with Crippen LogP contribution < -0.4 is 0 Å². The second-order valence-electron chi connectivity index (χ2n) is 5.18. The summed E-state index contributed by atoms with van der Waals surface area (Å²) in [5, 5.41) is 4.70. The molecular formula is C15H18ClN3O3. The minimum absolute atomic E-state index is 0.0383. The number of ether oxygens (including phenoxy) is 2. The normalized spacial score (nSPS) is 19.5. The van der Waals surface area contributed by atoms with Crippen LogP contribution in [0.5, 0.6) is 0 Å². The van der Waals surface area contributed by atoms with Crippen molar-refractivity contribution in [1.29, 1.82) is 0 Å². The van der Waals surface area contributed by atoms with E-state index in [-0.39, 0.29) is 6.10 Å². The second-order valence-corrected chi connectivity index (χ2v) is 5.62. The molecule has 2 aromatic rings. The van der Waals surface area contributed by atoms with Crippen LogP contribution in [0.1, 0.15) is 23.4 Å². The molecule has 1 atom stereocenters. The number of benzene rings is 1. The number of methoxy groups -OCH3 is 1. The van der Waals surface area contributed by atoms with Gasteiger partial charge in [-0.3, -0.25) is 4.90 Å². The standard InChI is InChI=1S/C15H18ClN3O3/c1-20-10-15-17-14(18-22-15)9-19-6-7-21-13(8-19)11-2-4-12(16)5-3-11/h2-5,13H,6-10H2,1H3. The lowest BCUT2D eigenvalue weighted by Crippen LogP contribution is -2.38. The maximum atomic E-state index is 5.93. The Balaban J connectivity index is 1.61. The molecular weight excluding hydrogens is 306 g/mol. The van der Waals surface area contributed by atoms with Gasteiger partial charge in [-0.05, 0) is 17.7 Å². The van der Waals surface area contributed by atoms with Crippen LogP contribution in [-0.4, -0.2) is 41.8 Å². The van der Waals surface area contributed by atoms with E-state index in [9.17, 15) is 0 Å². The van der Waals surface area contributed by atoms with Crippen LogP contribution in [0.15, 0.2) is 28.8 Å². The van der Waals surface area contributed by atoms with Crippen molar-refractivity contribution in [3.8, 4) is 0 Å². The molecule has 1 aliphatic heterocycles. The van der Waals surface area contributed by atoms with Gasteiger partial charge in [-0.25, -0.2) is 0 Å². The topological polar surface area (TPSA) is 60.6 Å². The maximum absolute atomic E-state index is 5.93. The molecule has 0 amide bonds. The number of hydrogen-bond donors (Lipinski definition) is 0. The highest BCUT2D eigenvalue weighted by Crippen LogP contribution is 2.24. The number of rotatable bonds is 5. The monoisotopic (exact) mass is 323 g/mol. The molecule has 0 bridgehead atoms. The lowest BCUT2D eigenvalue weighted by Gasteiger charge is -2.32. The summed E-state index contributed by atoms with van der Waals surface area (Å²) in [5.41, 5.74) is 1.13. The summed E-state index contributed by atoms with van der Waals surface area (Å²) in [5.74, 6) is 1.17. The van der Waals surface area contributed by atoms with Gasteiger partial charge in [0.25, 0.3) is 5.89 Å². The summed E-state index contributed by atoms with van der Waals surface area (Å²) in [7, 11) is 1.60. The summed E-state index contributed by atoms with van der Waals surface area (Å²) in [6.07, 6.45) is 0.0383. The van der Waals surface area contributed by atoms with Crippen LogP contribution in [0.25, 0.3) is 0 Å². The molecule has 7 heteroatoms. The number of aromatic nitrogens is 2. The van der Waals surface area contributed by atoms with E-state index in [1.54, 1.807) is 7.11 Å². The Bertz CT molecular complexity index is 602. The van der Waals surface area contributed by atoms with Gasteiger partial charge < -0.3 is 14.0 Å². The van der Waals surface area contributed by atoms with Crippen LogP contribution in [0.2, 0.25) is 5.02 Å². The van der Waals surface area contributed by atoms with Crippen molar-refractivity contribution in [1.82, 2.24) is 15.0 Å². The summed E-state index contributed by atoms with van der Waals surface area (Å²) < 4.78 is 15.9. The van der Waals surface area contributed by atoms with Crippen molar-refractivity contribution in [2.24, 2.45) is 0 Å². The largest absolute Gasteiger partial charge is 0.375 e. The van der Waals surface area contributed by atoms with Crippen LogP contribution in [-0.2, 0) is 22.6 Å². The van der Waals surface area contributed by atoms with E-state index in [0.717, 1.165) is 23.7 Å². The lowest BCUT2D eigenvalue weighted by atomic mass is 10.1. The van der Waals surface area contributed by atoms with Gasteiger partial charge in [-0.1, -0.05) is 28.9 Å². The Labute approximate surface area is 134 Å². The minimum Gasteiger partial charge on any atom is -0.375 e. The molecule has 0 saturated carbocycles. The summed E-state index contributed by atoms with van der Waals surface area (Å²) in [6, 6.07) is 7.77. The second kappa shape index (κ2) is 7.19. The molecule has 1 unspecified atom stereocenters. The number of halogens is 1. The summed E-state index contributed by atoms with van der Waals surface area (Å²) in [6.45, 7) is 3.29. The predicted molar refractivity (Wildman–Crippen MR) is 80.4 cm³/mol. The van der Waals surface area contributed by atoms with Gasteiger partial charge in [-0.15, -0.1) is 0 Å². The summed E-state index contributed by atoms with van der Waals surface area (Å²) >= 11 is 5.93. The quantitative estimate of drug-likeness (QED) is 0.842. The third kappa shape index (κ3) is 3.84. The first-order valence-electron chi connectivity index (χ1n) is 7.14. The van der Waals surface area contributed by atoms with Gasteiger partial charge in [0.2, 0.25) is 0 Å². The Morgan fingerprint density at radius 1 is 1.36 bits per heavy atom. The number of nitrogens with zero attached hydrogens (tertiary/aromatic N) is 3. The van der Waals surface area contributed by atoms with Gasteiger partial charge in [0.1, 0.15) is 6.61 Å². The molecule has 3 rings (SSSR count). The van der Waals surface area contributed by atoms with Gasteiger partial charge in [-0.2, -0.15) is 4.98 Å². The first-order valence-corrected chi connectivity index (χ1v) is 7.52. The van der Waals surface area contributed by atoms with Crippen molar-refractivity contribution in [3.05, 3.63) is 46.6 Å². The van der Waals surface area contributed by atoms with E-state index in [1.165, 1.54) is 0 Å². The highest BCUT2D eigenvalue weighted by molar-refractivity contribution is 6.30. The number of morpholine rings is 1. The van der Waals surface area contributed by atoms with Crippen LogP contribution in [0.3, 0.4) is 0 Å². The van der Waals surface area contributed by atoms with Crippen LogP contribution in [0.4, 0.5) is 0 Å². The first kappa shape index (κ1) is 15.4. The molecule has 6 nitrogen and oxygen atoms in total. The molecule has 2 heterocycles. The third-order valence-electron chi connectivity index (χ3n) is 3.54. The molecule has 1 aromatic heterocycles. The van der Waals surface area contributed by atoms with E-state index in [2.05, 4.69) is 15.0 Å². The molecule has 1 aliphatic rings. The van der Waals surface area contributed by atoms with Gasteiger partial charge in [0.15, 0.2) is 5.82 Å². The highest BCUT2D eigenvalue weighted by Gasteiger charge is 2.23. The average Bonchev–Trinajstić information content (AvgIpc) is 2.96. The number of hydrogen-bond acceptors (Lipinski definition) is 6. The Morgan fingerprint density at radius 2 is 2.18 bits per heavy atom. The van der Waals surface area contributed by atoms with Gasteiger partial charge >= 0.3 is 0 Å². The zero-order valence-electron chi connectivity index (χ0n) is 12.4. The predicted octanol–water partition coefficient (Wildman–Crippen LogP) is 2.44. The maximum Gasteiger partial charge on any atom is 0.252 e. The smallest absolute Gasteiger partial charge is 0.252 e. The van der Waals surface area contributed by atoms with Gasteiger partial charge in [0.05, 0.1) is 19.3 Å². The molecule has 0 N–H and O–H groups in total. The fourth-order valence-corrected chi connectivity index (χ4v) is 2.59. The van der Waals surface area contributed by atoms with E-state index < -0.39 is 0 Å². The Kier molecular flexibility index (Phi) is 5.04. The molecule has 1 fully saturated rings. The summed E-state index contributed by atoms with van der Waals surface area (Å²) in [4.78, 5) is 6.55. The van der Waals surface area contributed by atoms with Crippen LogP contribution in [0, 0.1) is 0 Å². The lowest BCUT2D eigenvalue weighted by molar-refractivity contribution is -0.0338. The molecule has 0 spiro atoms. The Hall–Kier alpha value is -1.47. The third-order valence-corrected chi connectivity index (χ3v) is 3.79. The van der Waals surface area contributed by atoms with Crippen molar-refractivity contribution in [2.45, 2.75) is 19.3 Å². The Morgan fingerprint density at radius 3 is 2.95 bits per heavy atom. The SMILES string of the molecule is COCc1nc(CN2CCOC(c3ccc(Cl)cc3)C2)no1. The van der Waals surface area contributed by atoms with E-state index in [1.807, 2.05) is 24.3 Å². The minimum atomic E-state index is 0.0383. The molecule has 1 saturated heterocycles. The van der Waals surface area contributed by atoms with Crippen molar-refractivity contribution < 1.29 is 14.0 Å². The average molecular weight is 324 g/mol. The fraction of sp³-hybridized carbons (Fsp3) is 0.467. The highest BCUT2D eigenvalue weighted by atomic mass is 35.5. The molecule has 118 valence electrons. The van der Waals surface area contributed by atoms with E-state index in [4.69, 9.17) is 25.6 Å². The van der Waals surface area contributed by atoms with Crippen molar-refractivity contribution in [3.63, 3.8) is 0 Å². The van der Waals surface area contributed by atoms with Crippen molar-refractivity contribution in [2.75, 3.05) is 26.8 Å². The first-order chi connectivity index (χ1) is 10.7.